The van der Waals surface area contributed by atoms with E-state index in [2.05, 4.69) is 5.32 Å². The fourth-order valence-electron chi connectivity index (χ4n) is 2.75. The molecule has 0 aliphatic carbocycles. The zero-order valence-electron chi connectivity index (χ0n) is 14.8. The third-order valence-corrected chi connectivity index (χ3v) is 4.99. The van der Waals surface area contributed by atoms with Crippen LogP contribution in [0.25, 0.3) is 10.9 Å². The van der Waals surface area contributed by atoms with Crippen molar-refractivity contribution in [2.24, 2.45) is 5.14 Å². The van der Waals surface area contributed by atoms with Crippen molar-refractivity contribution in [3.8, 4) is 11.5 Å². The van der Waals surface area contributed by atoms with Crippen molar-refractivity contribution in [2.75, 3.05) is 19.5 Å². The van der Waals surface area contributed by atoms with E-state index >= 15 is 0 Å². The topological polar surface area (TPSA) is 113 Å². The summed E-state index contributed by atoms with van der Waals surface area (Å²) in [5.41, 5.74) is 1.27. The highest BCUT2D eigenvalue weighted by Crippen LogP contribution is 2.31. The summed E-state index contributed by atoms with van der Waals surface area (Å²) in [4.78, 5) is 12.4. The molecule has 0 bridgehead atoms. The van der Waals surface area contributed by atoms with Crippen LogP contribution < -0.4 is 19.9 Å². The van der Waals surface area contributed by atoms with Gasteiger partial charge in [0.25, 0.3) is 0 Å². The van der Waals surface area contributed by atoms with Gasteiger partial charge in [0.1, 0.15) is 18.0 Å². The van der Waals surface area contributed by atoms with Crippen LogP contribution in [0.2, 0.25) is 0 Å². The van der Waals surface area contributed by atoms with Gasteiger partial charge in [-0.15, -0.1) is 0 Å². The zero-order chi connectivity index (χ0) is 19.6. The van der Waals surface area contributed by atoms with Gasteiger partial charge in [-0.1, -0.05) is 0 Å². The number of hydrogen-bond donors (Lipinski definition) is 2. The van der Waals surface area contributed by atoms with Gasteiger partial charge >= 0.3 is 0 Å². The molecule has 0 spiro atoms. The van der Waals surface area contributed by atoms with Gasteiger partial charge in [0.2, 0.25) is 15.9 Å². The predicted octanol–water partition coefficient (Wildman–Crippen LogP) is 1.94. The van der Waals surface area contributed by atoms with Crippen LogP contribution >= 0.6 is 0 Å². The number of rotatable bonds is 6. The number of methoxy groups -OCH3 is 2. The molecule has 3 N–H and O–H groups in total. The number of carbonyl (C=O) groups excluding carboxylic acids is 1. The molecule has 0 saturated carbocycles. The Morgan fingerprint density at radius 1 is 1.11 bits per heavy atom. The van der Waals surface area contributed by atoms with E-state index in [-0.39, 0.29) is 17.3 Å². The number of anilines is 1. The number of nitrogens with zero attached hydrogens (tertiary/aromatic N) is 1. The number of sulfonamides is 1. The Bertz CT molecular complexity index is 1090. The van der Waals surface area contributed by atoms with Crippen molar-refractivity contribution >= 4 is 32.5 Å². The Morgan fingerprint density at radius 2 is 1.81 bits per heavy atom. The zero-order valence-corrected chi connectivity index (χ0v) is 15.6. The summed E-state index contributed by atoms with van der Waals surface area (Å²) in [6.45, 7) is 0.0662. The number of aromatic nitrogens is 1. The van der Waals surface area contributed by atoms with Gasteiger partial charge in [-0.25, -0.2) is 13.6 Å². The maximum Gasteiger partial charge on any atom is 0.244 e. The number of primary sulfonamides is 1. The second kappa shape index (κ2) is 7.29. The van der Waals surface area contributed by atoms with E-state index in [9.17, 15) is 13.2 Å². The highest BCUT2D eigenvalue weighted by atomic mass is 32.2. The monoisotopic (exact) mass is 389 g/mol. The predicted molar refractivity (Wildman–Crippen MR) is 101 cm³/mol. The maximum atomic E-state index is 12.4. The SMILES string of the molecule is COc1cc(OC)c2ccn(CC(=O)Nc3ccc(S(N)(=O)=O)cc3)c2c1. The first kappa shape index (κ1) is 18.7. The molecule has 0 radical (unpaired) electrons. The van der Waals surface area contributed by atoms with Crippen LogP contribution in [0.15, 0.2) is 53.6 Å². The van der Waals surface area contributed by atoms with Gasteiger partial charge in [-0.05, 0) is 30.3 Å². The molecule has 3 rings (SSSR count). The Morgan fingerprint density at radius 3 is 2.41 bits per heavy atom. The molecule has 1 heterocycles. The summed E-state index contributed by atoms with van der Waals surface area (Å²) in [5.74, 6) is 1.01. The van der Waals surface area contributed by atoms with E-state index in [0.29, 0.717) is 17.2 Å². The summed E-state index contributed by atoms with van der Waals surface area (Å²) >= 11 is 0. The van der Waals surface area contributed by atoms with Crippen molar-refractivity contribution in [3.05, 3.63) is 48.7 Å². The second-order valence-electron chi connectivity index (χ2n) is 5.82. The lowest BCUT2D eigenvalue weighted by atomic mass is 10.2. The summed E-state index contributed by atoms with van der Waals surface area (Å²) in [6.07, 6.45) is 1.79. The summed E-state index contributed by atoms with van der Waals surface area (Å²) < 4.78 is 35.0. The van der Waals surface area contributed by atoms with Gasteiger partial charge in [0, 0.05) is 29.4 Å². The first-order chi connectivity index (χ1) is 12.8. The number of carbonyl (C=O) groups is 1. The van der Waals surface area contributed by atoms with Crippen LogP contribution in [0.3, 0.4) is 0 Å². The van der Waals surface area contributed by atoms with E-state index in [1.807, 2.05) is 12.1 Å². The number of nitrogens with one attached hydrogen (secondary N) is 1. The molecule has 3 aromatic rings. The summed E-state index contributed by atoms with van der Waals surface area (Å²) in [7, 11) is -0.633. The van der Waals surface area contributed by atoms with Crippen LogP contribution in [-0.2, 0) is 21.4 Å². The minimum Gasteiger partial charge on any atom is -0.497 e. The molecule has 0 unspecified atom stereocenters. The van der Waals surface area contributed by atoms with Crippen molar-refractivity contribution < 1.29 is 22.7 Å². The van der Waals surface area contributed by atoms with Gasteiger partial charge in [-0.3, -0.25) is 4.79 Å². The molecular weight excluding hydrogens is 370 g/mol. The normalized spacial score (nSPS) is 11.4. The van der Waals surface area contributed by atoms with Crippen molar-refractivity contribution in [3.63, 3.8) is 0 Å². The highest BCUT2D eigenvalue weighted by molar-refractivity contribution is 7.89. The standard InChI is InChI=1S/C18H19N3O5S/c1-25-13-9-16-15(17(10-13)26-2)7-8-21(16)11-18(22)20-12-3-5-14(6-4-12)27(19,23)24/h3-10H,11H2,1-2H3,(H,20,22)(H2,19,23,24). The van der Waals surface area contributed by atoms with Crippen LogP contribution in [0.1, 0.15) is 0 Å². The molecule has 1 aromatic heterocycles. The summed E-state index contributed by atoms with van der Waals surface area (Å²) in [6, 6.07) is 11.1. The van der Waals surface area contributed by atoms with Crippen molar-refractivity contribution in [1.29, 1.82) is 0 Å². The Labute approximate surface area is 156 Å². The number of ether oxygens (including phenoxy) is 2. The van der Waals surface area contributed by atoms with Gasteiger partial charge in [-0.2, -0.15) is 0 Å². The quantitative estimate of drug-likeness (QED) is 0.669. The lowest BCUT2D eigenvalue weighted by Crippen LogP contribution is -2.18. The molecule has 0 aliphatic heterocycles. The lowest BCUT2D eigenvalue weighted by molar-refractivity contribution is -0.116. The fraction of sp³-hybridized carbons (Fsp3) is 0.167. The highest BCUT2D eigenvalue weighted by Gasteiger charge is 2.12. The van der Waals surface area contributed by atoms with Crippen molar-refractivity contribution in [2.45, 2.75) is 11.4 Å². The van der Waals surface area contributed by atoms with E-state index in [1.54, 1.807) is 31.0 Å². The third kappa shape index (κ3) is 4.04. The molecule has 0 atom stereocenters. The maximum absolute atomic E-state index is 12.4. The number of hydrogen-bond acceptors (Lipinski definition) is 5. The minimum atomic E-state index is -3.77. The molecule has 0 saturated heterocycles. The number of fused-ring (bicyclic) bond motifs is 1. The number of amides is 1. The van der Waals surface area contributed by atoms with Crippen LogP contribution in [0, 0.1) is 0 Å². The van der Waals surface area contributed by atoms with E-state index in [1.165, 1.54) is 24.3 Å². The lowest BCUT2D eigenvalue weighted by Gasteiger charge is -2.10. The Kier molecular flexibility index (Phi) is 5.06. The second-order valence-corrected chi connectivity index (χ2v) is 7.39. The minimum absolute atomic E-state index is 0.0175. The van der Waals surface area contributed by atoms with Crippen LogP contribution in [-0.4, -0.2) is 33.1 Å². The van der Waals surface area contributed by atoms with Gasteiger partial charge in [0.05, 0.1) is 24.6 Å². The Balaban J connectivity index is 1.80. The smallest absolute Gasteiger partial charge is 0.244 e. The van der Waals surface area contributed by atoms with E-state index in [4.69, 9.17) is 14.6 Å². The molecule has 2 aromatic carbocycles. The molecule has 142 valence electrons. The van der Waals surface area contributed by atoms with Gasteiger partial charge in [0.15, 0.2) is 0 Å². The van der Waals surface area contributed by atoms with Crippen LogP contribution in [0.5, 0.6) is 11.5 Å². The number of benzene rings is 2. The van der Waals surface area contributed by atoms with E-state index < -0.39 is 10.0 Å². The number of nitrogens with two attached hydrogens (primary N) is 1. The van der Waals surface area contributed by atoms with Gasteiger partial charge < -0.3 is 19.4 Å². The summed E-state index contributed by atoms with van der Waals surface area (Å²) in [5, 5.41) is 8.65. The average Bonchev–Trinajstić information content (AvgIpc) is 3.03. The fourth-order valence-corrected chi connectivity index (χ4v) is 3.26. The Hall–Kier alpha value is -3.04. The first-order valence-corrected chi connectivity index (χ1v) is 9.50. The van der Waals surface area contributed by atoms with E-state index in [0.717, 1.165) is 10.9 Å². The molecule has 0 fully saturated rings. The largest absolute Gasteiger partial charge is 0.497 e. The molecule has 27 heavy (non-hydrogen) atoms. The molecular formula is C18H19N3O5S. The first-order valence-electron chi connectivity index (χ1n) is 7.95. The molecule has 1 amide bonds. The molecule has 9 heteroatoms. The third-order valence-electron chi connectivity index (χ3n) is 4.06. The molecule has 0 aliphatic rings. The van der Waals surface area contributed by atoms with Crippen LogP contribution in [0.4, 0.5) is 5.69 Å². The average molecular weight is 389 g/mol. The van der Waals surface area contributed by atoms with Crippen molar-refractivity contribution in [1.82, 2.24) is 4.57 Å². The molecule has 8 nitrogen and oxygen atoms in total.